The first-order chi connectivity index (χ1) is 9.01. The van der Waals surface area contributed by atoms with E-state index in [1.54, 1.807) is 0 Å². The van der Waals surface area contributed by atoms with Crippen LogP contribution in [0.2, 0.25) is 15.1 Å². The molecule has 0 aromatic rings. The molecule has 3 nitrogen and oxygen atoms in total. The Kier molecular flexibility index (Phi) is 7.10. The average molecular weight is 359 g/mol. The van der Waals surface area contributed by atoms with Crippen molar-refractivity contribution in [3.05, 3.63) is 9.64 Å². The highest BCUT2D eigenvalue weighted by Crippen LogP contribution is 2.39. The Morgan fingerprint density at radius 1 is 0.619 bits per heavy atom. The zero-order valence-corrected chi connectivity index (χ0v) is 18.8. The molecule has 0 saturated carbocycles. The smallest absolute Gasteiger partial charge is 0.241 e. The number of hydrogen-bond acceptors (Lipinski definition) is 3. The van der Waals surface area contributed by atoms with Gasteiger partial charge >= 0.3 is 0 Å². The molecule has 0 rings (SSSR count). The molecule has 0 saturated heterocycles. The fraction of sp³-hybridized carbons (Fsp3) is 0.857. The molecule has 0 atom stereocenters. The van der Waals surface area contributed by atoms with E-state index in [4.69, 9.17) is 0 Å². The number of hydrogen-bond donors (Lipinski definition) is 3. The van der Waals surface area contributed by atoms with Gasteiger partial charge in [-0.3, -0.25) is 0 Å². The Bertz CT molecular complexity index is 366. The minimum atomic E-state index is -1.94. The summed E-state index contributed by atoms with van der Waals surface area (Å²) in [5.41, 5.74) is 0. The molecule has 0 aromatic carbocycles. The molecule has 0 amide bonds. The van der Waals surface area contributed by atoms with Gasteiger partial charge in [-0.05, 0) is 19.9 Å². The van der Waals surface area contributed by atoms with E-state index in [0.717, 1.165) is 0 Å². The fourth-order valence-electron chi connectivity index (χ4n) is 1.59. The van der Waals surface area contributed by atoms with Crippen LogP contribution in [0.15, 0.2) is 9.64 Å². The highest BCUT2D eigenvalue weighted by Gasteiger charge is 2.43. The van der Waals surface area contributed by atoms with Crippen LogP contribution in [0, 0.1) is 0 Å². The van der Waals surface area contributed by atoms with Gasteiger partial charge in [-0.1, -0.05) is 67.1 Å². The van der Waals surface area contributed by atoms with Crippen LogP contribution in [-0.2, 0) is 0 Å². The standard InChI is InChI=1S/C14H30O3Si4/c1-12(2,3)19(15)10(18)11(20(16)13(4,5)6)21(17)14(7,8)9/h15-17H,1-9H3. The Hall–Kier alpha value is 0.488. The van der Waals surface area contributed by atoms with Crippen molar-refractivity contribution in [1.29, 1.82) is 0 Å². The maximum Gasteiger partial charge on any atom is 0.241 e. The molecule has 120 valence electrons. The van der Waals surface area contributed by atoms with Crippen LogP contribution in [0.1, 0.15) is 62.3 Å². The highest BCUT2D eigenvalue weighted by molar-refractivity contribution is 6.90. The first-order valence-electron chi connectivity index (χ1n) is 7.17. The Balaban J connectivity index is 6.06. The second kappa shape index (κ2) is 6.94. The van der Waals surface area contributed by atoms with Crippen molar-refractivity contribution in [2.45, 2.75) is 77.4 Å². The first-order valence-corrected chi connectivity index (χ1v) is 12.0. The van der Waals surface area contributed by atoms with Crippen LogP contribution < -0.4 is 0 Å². The van der Waals surface area contributed by atoms with Gasteiger partial charge in [-0.25, -0.2) is 0 Å². The normalized spacial score (nSPS) is 14.3. The molecule has 7 heteroatoms. The number of rotatable bonds is 3. The summed E-state index contributed by atoms with van der Waals surface area (Å²) in [6.07, 6.45) is 0. The summed E-state index contributed by atoms with van der Waals surface area (Å²) < 4.78 is 0. The molecule has 3 N–H and O–H groups in total. The monoisotopic (exact) mass is 358 g/mol. The van der Waals surface area contributed by atoms with Crippen molar-refractivity contribution in [3.63, 3.8) is 0 Å². The van der Waals surface area contributed by atoms with Gasteiger partial charge in [0.15, 0.2) is 0 Å². The minimum Gasteiger partial charge on any atom is -0.427 e. The molecule has 0 aliphatic heterocycles. The van der Waals surface area contributed by atoms with Gasteiger partial charge in [0.25, 0.3) is 0 Å². The van der Waals surface area contributed by atoms with Gasteiger partial charge in [-0.15, -0.1) is 0 Å². The fourth-order valence-corrected chi connectivity index (χ4v) is 11.0. The largest absolute Gasteiger partial charge is 0.427 e. The molecule has 21 heavy (non-hydrogen) atoms. The lowest BCUT2D eigenvalue weighted by Gasteiger charge is -2.36. The van der Waals surface area contributed by atoms with Gasteiger partial charge in [0.05, 0.1) is 10.2 Å². The lowest BCUT2D eigenvalue weighted by atomic mass is 10.2. The summed E-state index contributed by atoms with van der Waals surface area (Å²) in [7, 11) is -2.14. The maximum atomic E-state index is 10.8. The Morgan fingerprint density at radius 2 is 0.857 bits per heavy atom. The molecule has 0 bridgehead atoms. The summed E-state index contributed by atoms with van der Waals surface area (Å²) in [5, 5.41) is -0.837. The van der Waals surface area contributed by atoms with Crippen molar-refractivity contribution in [2.24, 2.45) is 0 Å². The maximum absolute atomic E-state index is 10.8. The molecule has 0 unspecified atom stereocenters. The molecular weight excluding hydrogens is 328 g/mol. The summed E-state index contributed by atoms with van der Waals surface area (Å²) >= 11 is 0. The molecule has 6 radical (unpaired) electrons. The predicted octanol–water partition coefficient (Wildman–Crippen LogP) is 2.38. The van der Waals surface area contributed by atoms with Crippen molar-refractivity contribution in [3.8, 4) is 0 Å². The topological polar surface area (TPSA) is 60.7 Å². The third-order valence-corrected chi connectivity index (χ3v) is 12.9. The second-order valence-electron chi connectivity index (χ2n) is 8.55. The van der Waals surface area contributed by atoms with Crippen molar-refractivity contribution >= 4 is 37.4 Å². The van der Waals surface area contributed by atoms with Gasteiger partial charge in [0.2, 0.25) is 27.1 Å². The third-order valence-electron chi connectivity index (χ3n) is 3.09. The van der Waals surface area contributed by atoms with Gasteiger partial charge < -0.3 is 14.4 Å². The average Bonchev–Trinajstić information content (AvgIpc) is 2.23. The van der Waals surface area contributed by atoms with Crippen molar-refractivity contribution < 1.29 is 14.4 Å². The van der Waals surface area contributed by atoms with E-state index in [-0.39, 0.29) is 15.1 Å². The van der Waals surface area contributed by atoms with Crippen LogP contribution in [0.5, 0.6) is 0 Å². The highest BCUT2D eigenvalue weighted by atomic mass is 28.4. The molecule has 0 fully saturated rings. The van der Waals surface area contributed by atoms with Gasteiger partial charge in [-0.2, -0.15) is 0 Å². The van der Waals surface area contributed by atoms with Gasteiger partial charge in [0, 0.05) is 0 Å². The lowest BCUT2D eigenvalue weighted by molar-refractivity contribution is 0.499. The van der Waals surface area contributed by atoms with Crippen molar-refractivity contribution in [1.82, 2.24) is 0 Å². The molecular formula is C14H30O3Si4. The van der Waals surface area contributed by atoms with Crippen LogP contribution in [0.3, 0.4) is 0 Å². The van der Waals surface area contributed by atoms with E-state index in [2.05, 4.69) is 10.2 Å². The van der Waals surface area contributed by atoms with Crippen LogP contribution in [0.4, 0.5) is 0 Å². The van der Waals surface area contributed by atoms with Crippen molar-refractivity contribution in [2.75, 3.05) is 0 Å². The van der Waals surface area contributed by atoms with E-state index < -0.39 is 27.1 Å². The van der Waals surface area contributed by atoms with Crippen LogP contribution >= 0.6 is 0 Å². The van der Waals surface area contributed by atoms with Gasteiger partial charge in [0.1, 0.15) is 0 Å². The summed E-state index contributed by atoms with van der Waals surface area (Å²) in [5.74, 6) is 0. The lowest BCUT2D eigenvalue weighted by Crippen LogP contribution is -2.45. The van der Waals surface area contributed by atoms with E-state index >= 15 is 0 Å². The Morgan fingerprint density at radius 3 is 1.05 bits per heavy atom. The Labute approximate surface area is 139 Å². The molecule has 0 aliphatic rings. The van der Waals surface area contributed by atoms with E-state index in [1.165, 1.54) is 0 Å². The summed E-state index contributed by atoms with van der Waals surface area (Å²) in [6.45, 7) is 17.9. The van der Waals surface area contributed by atoms with E-state index in [0.29, 0.717) is 9.64 Å². The van der Waals surface area contributed by atoms with Crippen LogP contribution in [-0.4, -0.2) is 51.8 Å². The van der Waals surface area contributed by atoms with E-state index in [9.17, 15) is 14.4 Å². The van der Waals surface area contributed by atoms with E-state index in [1.807, 2.05) is 62.3 Å². The molecule has 0 aromatic heterocycles. The predicted molar refractivity (Wildman–Crippen MR) is 95.8 cm³/mol. The molecule has 0 aliphatic carbocycles. The molecule has 0 spiro atoms. The SMILES string of the molecule is CC(C)(C)[Si](O)C([Si])=C([Si](O)C(C)(C)C)[Si](O)C(C)(C)C. The first kappa shape index (κ1) is 21.5. The zero-order valence-electron chi connectivity index (χ0n) is 14.8. The minimum absolute atomic E-state index is 0.257. The van der Waals surface area contributed by atoms with Crippen LogP contribution in [0.25, 0.3) is 0 Å². The zero-order chi connectivity index (χ0) is 17.4. The molecule has 0 heterocycles. The summed E-state index contributed by atoms with van der Waals surface area (Å²) in [4.78, 5) is 33.7. The third kappa shape index (κ3) is 5.89. The summed E-state index contributed by atoms with van der Waals surface area (Å²) in [6, 6.07) is 0. The quantitative estimate of drug-likeness (QED) is 0.679. The second-order valence-corrected chi connectivity index (χ2v) is 18.1.